The molecule has 8 N–H and O–H groups in total. The van der Waals surface area contributed by atoms with E-state index in [1.165, 1.54) is 0 Å². The van der Waals surface area contributed by atoms with E-state index >= 15 is 0 Å². The minimum absolute atomic E-state index is 0.0675. The highest BCUT2D eigenvalue weighted by molar-refractivity contribution is 6.06. The molecule has 0 saturated carbocycles. The van der Waals surface area contributed by atoms with E-state index in [2.05, 4.69) is 36.7 Å². The van der Waals surface area contributed by atoms with Crippen LogP contribution in [0.1, 0.15) is 32.6 Å². The second-order valence-electron chi connectivity index (χ2n) is 7.05. The molecule has 0 spiro atoms. The molecule has 2 rings (SSSR count). The molecule has 0 aromatic heterocycles. The second kappa shape index (κ2) is 11.8. The molecule has 2 aliphatic rings. The molecule has 3 unspecified atom stereocenters. The van der Waals surface area contributed by atoms with Gasteiger partial charge in [-0.25, -0.2) is 9.79 Å². The fraction of sp³-hybridized carbons (Fsp3) is 0.647. The van der Waals surface area contributed by atoms with Gasteiger partial charge in [-0.3, -0.25) is 30.0 Å². The summed E-state index contributed by atoms with van der Waals surface area (Å²) in [5.74, 6) is -1.58. The van der Waals surface area contributed by atoms with Gasteiger partial charge < -0.3 is 26.3 Å². The number of rotatable bonds is 12. The van der Waals surface area contributed by atoms with Crippen LogP contribution in [-0.4, -0.2) is 78.5 Å². The van der Waals surface area contributed by atoms with E-state index in [0.717, 1.165) is 0 Å². The van der Waals surface area contributed by atoms with Crippen molar-refractivity contribution in [3.05, 3.63) is 0 Å². The van der Waals surface area contributed by atoms with Gasteiger partial charge in [0.1, 0.15) is 24.7 Å². The fourth-order valence-corrected chi connectivity index (χ4v) is 2.65. The van der Waals surface area contributed by atoms with E-state index in [1.807, 2.05) is 0 Å². The molecule has 0 aromatic carbocycles. The number of aliphatic carboxylic acids is 1. The lowest BCUT2D eigenvalue weighted by Crippen LogP contribution is -2.43. The number of nitrogens with zero attached hydrogens (tertiary/aromatic N) is 2. The summed E-state index contributed by atoms with van der Waals surface area (Å²) in [4.78, 5) is 58.5. The average molecular weight is 440 g/mol. The average Bonchev–Trinajstić information content (AvgIpc) is 3.28. The summed E-state index contributed by atoms with van der Waals surface area (Å²) in [6, 6.07) is -2.39. The van der Waals surface area contributed by atoms with Crippen LogP contribution in [0.25, 0.3) is 0 Å². The number of nitrogens with one attached hydrogen (secondary N) is 5. The first-order valence-corrected chi connectivity index (χ1v) is 9.91. The number of carboxylic acid groups (broad SMARTS) is 1. The lowest BCUT2D eigenvalue weighted by Gasteiger charge is -2.16. The van der Waals surface area contributed by atoms with Crippen LogP contribution in [0.2, 0.25) is 0 Å². The van der Waals surface area contributed by atoms with Gasteiger partial charge in [0.2, 0.25) is 11.8 Å². The van der Waals surface area contributed by atoms with Crippen molar-refractivity contribution < 1.29 is 29.1 Å². The first-order chi connectivity index (χ1) is 14.8. The van der Waals surface area contributed by atoms with Crippen LogP contribution >= 0.6 is 0 Å². The molecule has 14 heteroatoms. The Morgan fingerprint density at radius 2 is 2.10 bits per heavy atom. The monoisotopic (exact) mass is 440 g/mol. The van der Waals surface area contributed by atoms with Crippen molar-refractivity contribution in [2.75, 3.05) is 19.6 Å². The maximum absolute atomic E-state index is 12.0. The summed E-state index contributed by atoms with van der Waals surface area (Å²) in [6.45, 7) is 2.51. The number of hydroxylamine groups is 1. The van der Waals surface area contributed by atoms with E-state index < -0.39 is 24.0 Å². The summed E-state index contributed by atoms with van der Waals surface area (Å²) in [5.41, 5.74) is 8.01. The van der Waals surface area contributed by atoms with Crippen LogP contribution in [0.4, 0.5) is 0 Å². The van der Waals surface area contributed by atoms with Crippen LogP contribution < -0.4 is 32.5 Å². The molecule has 0 radical (unpaired) electrons. The summed E-state index contributed by atoms with van der Waals surface area (Å²) < 4.78 is 0. The van der Waals surface area contributed by atoms with Gasteiger partial charge in [-0.2, -0.15) is 0 Å². The van der Waals surface area contributed by atoms with Gasteiger partial charge >= 0.3 is 11.9 Å². The van der Waals surface area contributed by atoms with E-state index in [0.29, 0.717) is 37.9 Å². The molecule has 1 saturated heterocycles. The molecule has 2 amide bonds. The number of carboxylic acids is 1. The Labute approximate surface area is 178 Å². The van der Waals surface area contributed by atoms with Gasteiger partial charge in [0.25, 0.3) is 0 Å². The molecule has 0 aliphatic carbocycles. The van der Waals surface area contributed by atoms with Crippen molar-refractivity contribution in [1.82, 2.24) is 26.7 Å². The third-order valence-electron chi connectivity index (χ3n) is 4.43. The highest BCUT2D eigenvalue weighted by Crippen LogP contribution is 2.01. The van der Waals surface area contributed by atoms with Crippen molar-refractivity contribution in [3.8, 4) is 0 Å². The van der Waals surface area contributed by atoms with E-state index in [1.54, 1.807) is 6.92 Å². The molecule has 31 heavy (non-hydrogen) atoms. The number of carbonyl (C=O) groups is 4. The summed E-state index contributed by atoms with van der Waals surface area (Å²) >= 11 is 0. The SMILES string of the molecule is CC1NC(=NCCCC(N)C(=O)ONC(CCCNC2=NCC(=O)N2)C(=O)O)NC1=O. The van der Waals surface area contributed by atoms with E-state index in [9.17, 15) is 24.3 Å². The lowest BCUT2D eigenvalue weighted by molar-refractivity contribution is -0.159. The summed E-state index contributed by atoms with van der Waals surface area (Å²) in [5, 5.41) is 20.1. The second-order valence-corrected chi connectivity index (χ2v) is 7.05. The smallest absolute Gasteiger partial charge is 0.341 e. The van der Waals surface area contributed by atoms with Crippen molar-refractivity contribution >= 4 is 35.7 Å². The van der Waals surface area contributed by atoms with Crippen LogP contribution in [0.15, 0.2) is 9.98 Å². The van der Waals surface area contributed by atoms with E-state index in [-0.39, 0.29) is 37.2 Å². The zero-order chi connectivity index (χ0) is 22.8. The molecule has 0 bridgehead atoms. The van der Waals surface area contributed by atoms with Gasteiger partial charge in [-0.15, -0.1) is 5.48 Å². The molecular formula is C17H28N8O6. The first-order valence-electron chi connectivity index (χ1n) is 9.91. The number of nitrogens with two attached hydrogens (primary N) is 1. The number of guanidine groups is 2. The Balaban J connectivity index is 1.61. The lowest BCUT2D eigenvalue weighted by atomic mass is 10.1. The first kappa shape index (κ1) is 24.0. The Hall–Kier alpha value is -3.26. The highest BCUT2D eigenvalue weighted by Gasteiger charge is 2.24. The molecule has 14 nitrogen and oxygen atoms in total. The largest absolute Gasteiger partial charge is 0.480 e. The normalized spacial score (nSPS) is 21.0. The number of hydrogen-bond acceptors (Lipinski definition) is 10. The molecule has 0 aromatic rings. The Morgan fingerprint density at radius 3 is 2.71 bits per heavy atom. The molecule has 2 aliphatic heterocycles. The number of aliphatic imine (C=N–C) groups is 2. The Bertz CT molecular complexity index is 755. The van der Waals surface area contributed by atoms with Crippen molar-refractivity contribution in [1.29, 1.82) is 0 Å². The number of carbonyl (C=O) groups excluding carboxylic acids is 3. The Kier molecular flexibility index (Phi) is 9.14. The predicted octanol–water partition coefficient (Wildman–Crippen LogP) is -3.09. The maximum atomic E-state index is 12.0. The molecule has 172 valence electrons. The summed E-state index contributed by atoms with van der Waals surface area (Å²) in [7, 11) is 0. The van der Waals surface area contributed by atoms with Crippen molar-refractivity contribution in [2.24, 2.45) is 15.7 Å². The summed E-state index contributed by atoms with van der Waals surface area (Å²) in [6.07, 6.45) is 1.34. The molecule has 2 heterocycles. The third kappa shape index (κ3) is 8.18. The van der Waals surface area contributed by atoms with Crippen molar-refractivity contribution in [3.63, 3.8) is 0 Å². The van der Waals surface area contributed by atoms with E-state index in [4.69, 9.17) is 10.6 Å². The molecule has 3 atom stereocenters. The van der Waals surface area contributed by atoms with Crippen LogP contribution in [0.3, 0.4) is 0 Å². The van der Waals surface area contributed by atoms with Gasteiger partial charge in [0.05, 0.1) is 0 Å². The topological polar surface area (TPSA) is 209 Å². The number of amides is 2. The maximum Gasteiger partial charge on any atom is 0.341 e. The fourth-order valence-electron chi connectivity index (χ4n) is 2.65. The standard InChI is InChI=1S/C17H28N8O6/c1-9-13(27)24-17(22-9)20-6-2-4-10(18)15(30)31-25-11(14(28)29)5-3-7-19-16-21-8-12(26)23-16/h9-11,25H,2-8,18H2,1H3,(H,28,29)(H2,19,21,23,26)(H2,20,22,24,27). The highest BCUT2D eigenvalue weighted by atomic mass is 16.7. The van der Waals surface area contributed by atoms with Gasteiger partial charge in [0, 0.05) is 13.1 Å². The van der Waals surface area contributed by atoms with Crippen LogP contribution in [-0.2, 0) is 24.0 Å². The van der Waals surface area contributed by atoms with Crippen LogP contribution in [0.5, 0.6) is 0 Å². The van der Waals surface area contributed by atoms with Crippen LogP contribution in [0, 0.1) is 0 Å². The minimum atomic E-state index is -1.18. The zero-order valence-electron chi connectivity index (χ0n) is 17.1. The molecule has 1 fully saturated rings. The molecular weight excluding hydrogens is 412 g/mol. The van der Waals surface area contributed by atoms with Gasteiger partial charge in [0.15, 0.2) is 11.9 Å². The van der Waals surface area contributed by atoms with Gasteiger partial charge in [-0.05, 0) is 32.6 Å². The number of hydrogen-bond donors (Lipinski definition) is 7. The Morgan fingerprint density at radius 1 is 1.32 bits per heavy atom. The quantitative estimate of drug-likeness (QED) is 0.120. The zero-order valence-corrected chi connectivity index (χ0v) is 17.1. The van der Waals surface area contributed by atoms with Crippen molar-refractivity contribution in [2.45, 2.75) is 50.7 Å². The minimum Gasteiger partial charge on any atom is -0.480 e. The predicted molar refractivity (Wildman–Crippen MR) is 109 cm³/mol. The third-order valence-corrected chi connectivity index (χ3v) is 4.43. The van der Waals surface area contributed by atoms with Gasteiger partial charge in [-0.1, -0.05) is 0 Å².